The van der Waals surface area contributed by atoms with Gasteiger partial charge in [0.25, 0.3) is 0 Å². The maximum atomic E-state index is 14.4. The van der Waals surface area contributed by atoms with Crippen molar-refractivity contribution < 1.29 is 14.3 Å². The number of benzene rings is 3. The average molecular weight is 719 g/mol. The van der Waals surface area contributed by atoms with Crippen LogP contribution in [0.3, 0.4) is 0 Å². The summed E-state index contributed by atoms with van der Waals surface area (Å²) in [4.78, 5) is 16.9. The Kier molecular flexibility index (Phi) is 10.6. The fourth-order valence-electron chi connectivity index (χ4n) is 8.03. The van der Waals surface area contributed by atoms with Crippen LogP contribution < -0.4 is 10.1 Å². The second-order valence-corrected chi connectivity index (χ2v) is 15.2. The van der Waals surface area contributed by atoms with E-state index in [0.717, 1.165) is 94.6 Å². The molecule has 2 aliphatic heterocycles. The summed E-state index contributed by atoms with van der Waals surface area (Å²) >= 11 is 7.14. The van der Waals surface area contributed by atoms with Crippen LogP contribution in [0.25, 0.3) is 32.8 Å². The van der Waals surface area contributed by atoms with E-state index < -0.39 is 5.60 Å². The van der Waals surface area contributed by atoms with Gasteiger partial charge in [0.2, 0.25) is 0 Å². The van der Waals surface area contributed by atoms with Gasteiger partial charge in [-0.3, -0.25) is 4.68 Å². The summed E-state index contributed by atoms with van der Waals surface area (Å²) in [6.07, 6.45) is 1.37. The molecule has 10 heteroatoms. The molecule has 2 aliphatic rings. The van der Waals surface area contributed by atoms with Crippen LogP contribution in [0, 0.1) is 25.7 Å². The zero-order chi connectivity index (χ0) is 34.4. The monoisotopic (exact) mass is 717 g/mol. The third kappa shape index (κ3) is 7.00. The largest absolute Gasteiger partial charge is 0.493 e. The fraction of sp³-hybridized carbons (Fsp3) is 0.450. The summed E-state index contributed by atoms with van der Waals surface area (Å²) in [7, 11) is 1.96. The predicted molar refractivity (Wildman–Crippen MR) is 205 cm³/mol. The van der Waals surface area contributed by atoms with Gasteiger partial charge in [-0.1, -0.05) is 54.1 Å². The summed E-state index contributed by atoms with van der Waals surface area (Å²) < 4.78 is 16.6. The Balaban J connectivity index is 0.00000432. The zero-order valence-corrected chi connectivity index (χ0v) is 31.6. The standard InChI is InChI=1S/C40H48ClN5O3.ClH/c1-25-35(26(2)44(6)43-25)36-33(41)17-16-32-31(14-10-20-48-34-15-9-12-27-11-7-8-13-30(27)34)38(39(47)49-40(3,4)5)46(37(32)36)19-18-45-23-28-21-42-22-29(28)24-45;/h7-9,11-13,15-17,28-29,42H,10,14,18-24H2,1-6H3;1H. The van der Waals surface area contributed by atoms with E-state index in [1.54, 1.807) is 0 Å². The third-order valence-electron chi connectivity index (χ3n) is 10.3. The second kappa shape index (κ2) is 14.6. The van der Waals surface area contributed by atoms with E-state index in [4.69, 9.17) is 26.2 Å². The zero-order valence-electron chi connectivity index (χ0n) is 30.0. The van der Waals surface area contributed by atoms with Gasteiger partial charge in [-0.2, -0.15) is 5.10 Å². The molecule has 7 rings (SSSR count). The minimum Gasteiger partial charge on any atom is -0.493 e. The fourth-order valence-corrected chi connectivity index (χ4v) is 8.28. The highest BCUT2D eigenvalue weighted by atomic mass is 35.5. The molecule has 0 saturated carbocycles. The number of carbonyl (C=O) groups excluding carboxylic acids is 1. The Morgan fingerprint density at radius 3 is 2.38 bits per heavy atom. The highest BCUT2D eigenvalue weighted by Gasteiger charge is 2.36. The highest BCUT2D eigenvalue weighted by Crippen LogP contribution is 2.42. The van der Waals surface area contributed by atoms with Gasteiger partial charge in [0.05, 0.1) is 22.8 Å². The minimum atomic E-state index is -0.649. The van der Waals surface area contributed by atoms with Crippen molar-refractivity contribution in [3.63, 3.8) is 0 Å². The number of aryl methyl sites for hydroxylation is 3. The normalized spacial score (nSPS) is 17.7. The van der Waals surface area contributed by atoms with E-state index in [0.29, 0.717) is 42.1 Å². The Morgan fingerprint density at radius 1 is 0.960 bits per heavy atom. The molecule has 5 aromatic rings. The van der Waals surface area contributed by atoms with Crippen LogP contribution in [0.5, 0.6) is 5.75 Å². The number of carbonyl (C=O) groups is 1. The molecule has 0 aliphatic carbocycles. The van der Waals surface area contributed by atoms with E-state index in [1.165, 1.54) is 0 Å². The number of rotatable bonds is 10. The Labute approximate surface area is 306 Å². The lowest BCUT2D eigenvalue weighted by molar-refractivity contribution is 0.00563. The molecule has 1 N–H and O–H groups in total. The van der Waals surface area contributed by atoms with Gasteiger partial charge < -0.3 is 24.3 Å². The van der Waals surface area contributed by atoms with Crippen LogP contribution in [-0.2, 0) is 24.8 Å². The number of halogens is 2. The van der Waals surface area contributed by atoms with Gasteiger partial charge >= 0.3 is 5.97 Å². The Hall–Kier alpha value is -3.56. The van der Waals surface area contributed by atoms with Crippen LogP contribution in [0.15, 0.2) is 54.6 Å². The first-order valence-corrected chi connectivity index (χ1v) is 18.0. The van der Waals surface area contributed by atoms with Crippen LogP contribution >= 0.6 is 24.0 Å². The first-order valence-electron chi connectivity index (χ1n) is 17.6. The quantitative estimate of drug-likeness (QED) is 0.117. The van der Waals surface area contributed by atoms with E-state index in [1.807, 2.05) is 69.8 Å². The molecule has 2 unspecified atom stereocenters. The van der Waals surface area contributed by atoms with Crippen molar-refractivity contribution in [3.05, 3.63) is 82.3 Å². The van der Waals surface area contributed by atoms with Crippen LogP contribution in [0.2, 0.25) is 5.02 Å². The molecule has 2 atom stereocenters. The molecule has 2 fully saturated rings. The average Bonchev–Trinajstić information content (AvgIpc) is 3.79. The van der Waals surface area contributed by atoms with Crippen LogP contribution in [0.1, 0.15) is 54.6 Å². The van der Waals surface area contributed by atoms with Gasteiger partial charge in [-0.15, -0.1) is 12.4 Å². The van der Waals surface area contributed by atoms with Gasteiger partial charge in [0, 0.05) is 60.8 Å². The molecular formula is C40H49Cl2N5O3. The SMILES string of the molecule is Cc1nn(C)c(C)c1-c1c(Cl)ccc2c(CCCOc3cccc4ccccc34)c(C(=O)OC(C)(C)C)n(CCN3CC4CNCC4C3)c12.Cl. The molecular weight excluding hydrogens is 669 g/mol. The number of ether oxygens (including phenoxy) is 2. The minimum absolute atomic E-state index is 0. The summed E-state index contributed by atoms with van der Waals surface area (Å²) in [5.41, 5.74) is 5.79. The van der Waals surface area contributed by atoms with E-state index in [2.05, 4.69) is 46.0 Å². The lowest BCUT2D eigenvalue weighted by Crippen LogP contribution is -2.31. The van der Waals surface area contributed by atoms with E-state index in [9.17, 15) is 4.79 Å². The molecule has 0 radical (unpaired) electrons. The highest BCUT2D eigenvalue weighted by molar-refractivity contribution is 6.35. The lowest BCUT2D eigenvalue weighted by Gasteiger charge is -2.23. The molecule has 4 heterocycles. The lowest BCUT2D eigenvalue weighted by atomic mass is 9.98. The third-order valence-corrected chi connectivity index (χ3v) is 10.6. The molecule has 0 spiro atoms. The molecule has 50 heavy (non-hydrogen) atoms. The first kappa shape index (κ1) is 36.2. The second-order valence-electron chi connectivity index (χ2n) is 14.8. The number of esters is 1. The first-order chi connectivity index (χ1) is 23.5. The Morgan fingerprint density at radius 2 is 1.68 bits per heavy atom. The van der Waals surface area contributed by atoms with Crippen LogP contribution in [0.4, 0.5) is 0 Å². The van der Waals surface area contributed by atoms with Gasteiger partial charge in [-0.05, 0) is 95.5 Å². The summed E-state index contributed by atoms with van der Waals surface area (Å²) in [5, 5.41) is 12.2. The van der Waals surface area contributed by atoms with E-state index in [-0.39, 0.29) is 18.4 Å². The molecule has 8 nitrogen and oxygen atoms in total. The molecule has 2 aromatic heterocycles. The molecule has 0 amide bonds. The van der Waals surface area contributed by atoms with E-state index >= 15 is 0 Å². The van der Waals surface area contributed by atoms with Crippen LogP contribution in [-0.4, -0.2) is 70.1 Å². The van der Waals surface area contributed by atoms with Gasteiger partial charge in [0.15, 0.2) is 0 Å². The molecule has 0 bridgehead atoms. The topological polar surface area (TPSA) is 73.6 Å². The summed E-state index contributed by atoms with van der Waals surface area (Å²) in [5.74, 6) is 1.94. The molecule has 3 aromatic carbocycles. The van der Waals surface area contributed by atoms with Crippen molar-refractivity contribution in [3.8, 4) is 16.9 Å². The number of fused-ring (bicyclic) bond motifs is 3. The van der Waals surface area contributed by atoms with Crippen molar-refractivity contribution in [1.82, 2.24) is 24.6 Å². The van der Waals surface area contributed by atoms with Crippen molar-refractivity contribution in [1.29, 1.82) is 0 Å². The molecule has 2 saturated heterocycles. The molecule has 266 valence electrons. The smallest absolute Gasteiger partial charge is 0.355 e. The van der Waals surface area contributed by atoms with Gasteiger partial charge in [-0.25, -0.2) is 4.79 Å². The number of hydrogen-bond acceptors (Lipinski definition) is 6. The summed E-state index contributed by atoms with van der Waals surface area (Å²) in [6.45, 7) is 16.2. The number of nitrogens with one attached hydrogen (secondary N) is 1. The predicted octanol–water partition coefficient (Wildman–Crippen LogP) is 8.01. The summed E-state index contributed by atoms with van der Waals surface area (Å²) in [6, 6.07) is 18.5. The number of nitrogens with zero attached hydrogens (tertiary/aromatic N) is 4. The Bertz CT molecular complexity index is 2010. The van der Waals surface area contributed by atoms with Crippen molar-refractivity contribution in [2.24, 2.45) is 18.9 Å². The van der Waals surface area contributed by atoms with Gasteiger partial charge in [0.1, 0.15) is 17.0 Å². The van der Waals surface area contributed by atoms with Crippen molar-refractivity contribution in [2.45, 2.75) is 59.6 Å². The number of hydrogen-bond donors (Lipinski definition) is 1. The van der Waals surface area contributed by atoms with Crippen molar-refractivity contribution in [2.75, 3.05) is 39.3 Å². The van der Waals surface area contributed by atoms with Crippen molar-refractivity contribution >= 4 is 51.7 Å². The maximum Gasteiger partial charge on any atom is 0.355 e. The number of likely N-dealkylation sites (tertiary alicyclic amines) is 1. The number of aromatic nitrogens is 3. The maximum absolute atomic E-state index is 14.4.